The Morgan fingerprint density at radius 1 is 1.07 bits per heavy atom. The van der Waals surface area contributed by atoms with Crippen LogP contribution in [0, 0.1) is 6.92 Å². The van der Waals surface area contributed by atoms with Crippen LogP contribution in [-0.4, -0.2) is 14.8 Å². The molecule has 5 nitrogen and oxygen atoms in total. The highest BCUT2D eigenvalue weighted by Gasteiger charge is 2.16. The van der Waals surface area contributed by atoms with Crippen molar-refractivity contribution in [1.29, 1.82) is 0 Å². The fourth-order valence-corrected chi connectivity index (χ4v) is 3.55. The van der Waals surface area contributed by atoms with Gasteiger partial charge in [-0.25, -0.2) is 0 Å². The van der Waals surface area contributed by atoms with Gasteiger partial charge in [0.2, 0.25) is 11.0 Å². The van der Waals surface area contributed by atoms with Gasteiger partial charge >= 0.3 is 0 Å². The summed E-state index contributed by atoms with van der Waals surface area (Å²) in [4.78, 5) is 0. The number of benzene rings is 3. The number of nitrogens with zero attached hydrogens (tertiary/aromatic N) is 3. The minimum absolute atomic E-state index is 0.0354. The maximum absolute atomic E-state index is 10.9. The number of aromatic hydroxyl groups is 1. The van der Waals surface area contributed by atoms with Crippen molar-refractivity contribution in [2.75, 3.05) is 5.32 Å². The monoisotopic (exact) mass is 434 g/mol. The summed E-state index contributed by atoms with van der Waals surface area (Å²) in [6, 6.07) is 23.0. The third kappa shape index (κ3) is 4.35. The highest BCUT2D eigenvalue weighted by molar-refractivity contribution is 7.80. The zero-order valence-corrected chi connectivity index (χ0v) is 17.8. The number of hydrogen-bond acceptors (Lipinski definition) is 3. The second kappa shape index (κ2) is 8.65. The van der Waals surface area contributed by atoms with Crippen LogP contribution in [0.1, 0.15) is 11.1 Å². The number of aromatic nitrogens is 1. The number of anilines is 1. The minimum Gasteiger partial charge on any atom is -0.493 e. The molecule has 0 aliphatic rings. The van der Waals surface area contributed by atoms with E-state index in [1.54, 1.807) is 4.57 Å². The van der Waals surface area contributed by atoms with Crippen LogP contribution >= 0.6 is 23.8 Å². The molecular weight excluding hydrogens is 416 g/mol. The van der Waals surface area contributed by atoms with E-state index in [2.05, 4.69) is 15.5 Å². The molecule has 0 aliphatic carbocycles. The van der Waals surface area contributed by atoms with Crippen LogP contribution in [0.3, 0.4) is 0 Å². The zero-order valence-electron chi connectivity index (χ0n) is 16.2. The fraction of sp³-hybridized carbons (Fsp3) is 0.0870. The molecule has 3 aromatic carbocycles. The van der Waals surface area contributed by atoms with Gasteiger partial charge in [0, 0.05) is 16.1 Å². The van der Waals surface area contributed by atoms with Crippen LogP contribution in [0.2, 0.25) is 5.02 Å². The number of para-hydroxylation sites is 1. The summed E-state index contributed by atoms with van der Waals surface area (Å²) in [7, 11) is 0. The molecule has 2 N–H and O–H groups in total. The lowest BCUT2D eigenvalue weighted by molar-refractivity contribution is 0.429. The average molecular weight is 435 g/mol. The lowest BCUT2D eigenvalue weighted by atomic mass is 10.2. The van der Waals surface area contributed by atoms with Gasteiger partial charge in [0.05, 0.1) is 12.1 Å². The molecule has 4 aromatic rings. The predicted molar refractivity (Wildman–Crippen MR) is 126 cm³/mol. The summed E-state index contributed by atoms with van der Waals surface area (Å²) in [5, 5.41) is 24.0. The summed E-state index contributed by atoms with van der Waals surface area (Å²) in [6.07, 6.45) is 0. The van der Waals surface area contributed by atoms with Gasteiger partial charge in [-0.05, 0) is 60.6 Å². The summed E-state index contributed by atoms with van der Waals surface area (Å²) in [6.45, 7) is 2.48. The van der Waals surface area contributed by atoms with Gasteiger partial charge in [0.15, 0.2) is 5.69 Å². The summed E-state index contributed by atoms with van der Waals surface area (Å²) in [5.74, 6) is 0.0354. The van der Waals surface area contributed by atoms with Gasteiger partial charge in [-0.3, -0.25) is 0 Å². The number of thiocarbonyl (C=S) groups is 1. The summed E-state index contributed by atoms with van der Waals surface area (Å²) >= 11 is 11.3. The largest absolute Gasteiger partial charge is 0.493 e. The number of nitrogens with one attached hydrogen (secondary N) is 1. The molecule has 0 saturated carbocycles. The van der Waals surface area contributed by atoms with E-state index in [-0.39, 0.29) is 11.0 Å². The lowest BCUT2D eigenvalue weighted by Crippen LogP contribution is -2.04. The SMILES string of the molecule is Cc1cccc(NC(=S)N=Nc2c(O)n(Cc3ccc(Cl)cc3)c3ccccc23)c1. The van der Waals surface area contributed by atoms with Crippen LogP contribution in [-0.2, 0) is 6.54 Å². The van der Waals surface area contributed by atoms with E-state index in [4.69, 9.17) is 23.8 Å². The van der Waals surface area contributed by atoms with E-state index in [1.807, 2.05) is 79.7 Å². The Morgan fingerprint density at radius 3 is 2.60 bits per heavy atom. The topological polar surface area (TPSA) is 61.9 Å². The average Bonchev–Trinajstić information content (AvgIpc) is 2.99. The normalized spacial score (nSPS) is 11.3. The van der Waals surface area contributed by atoms with Gasteiger partial charge in [-0.2, -0.15) is 0 Å². The molecule has 7 heteroatoms. The van der Waals surface area contributed by atoms with Crippen LogP contribution in [0.5, 0.6) is 5.88 Å². The highest BCUT2D eigenvalue weighted by atomic mass is 35.5. The number of aryl methyl sites for hydroxylation is 1. The highest BCUT2D eigenvalue weighted by Crippen LogP contribution is 2.39. The van der Waals surface area contributed by atoms with Crippen molar-refractivity contribution >= 4 is 51.2 Å². The summed E-state index contributed by atoms with van der Waals surface area (Å²) in [5.41, 5.74) is 4.20. The van der Waals surface area contributed by atoms with Crippen LogP contribution in [0.25, 0.3) is 10.9 Å². The zero-order chi connectivity index (χ0) is 21.1. The van der Waals surface area contributed by atoms with E-state index in [0.717, 1.165) is 27.7 Å². The first-order valence-electron chi connectivity index (χ1n) is 9.35. The molecule has 0 fully saturated rings. The summed E-state index contributed by atoms with van der Waals surface area (Å²) < 4.78 is 1.80. The van der Waals surface area contributed by atoms with Gasteiger partial charge < -0.3 is 15.0 Å². The number of azo groups is 1. The quantitative estimate of drug-likeness (QED) is 0.273. The van der Waals surface area contributed by atoms with E-state index >= 15 is 0 Å². The van der Waals surface area contributed by atoms with E-state index in [1.165, 1.54) is 0 Å². The molecule has 0 bridgehead atoms. The third-order valence-electron chi connectivity index (χ3n) is 4.68. The van der Waals surface area contributed by atoms with Crippen molar-refractivity contribution in [2.24, 2.45) is 10.2 Å². The molecule has 1 aromatic heterocycles. The number of rotatable bonds is 4. The van der Waals surface area contributed by atoms with E-state index in [0.29, 0.717) is 17.3 Å². The van der Waals surface area contributed by atoms with Crippen molar-refractivity contribution < 1.29 is 5.11 Å². The van der Waals surface area contributed by atoms with Crippen LogP contribution < -0.4 is 5.32 Å². The second-order valence-corrected chi connectivity index (χ2v) is 7.72. The molecule has 0 amide bonds. The maximum Gasteiger partial charge on any atom is 0.221 e. The predicted octanol–water partition coefficient (Wildman–Crippen LogP) is 6.84. The van der Waals surface area contributed by atoms with Crippen molar-refractivity contribution in [3.63, 3.8) is 0 Å². The molecular formula is C23H19ClN4OS. The Hall–Kier alpha value is -3.22. The fourth-order valence-electron chi connectivity index (χ4n) is 3.27. The first kappa shape index (κ1) is 20.1. The number of halogens is 1. The van der Waals surface area contributed by atoms with Crippen molar-refractivity contribution in [1.82, 2.24) is 4.57 Å². The molecule has 0 saturated heterocycles. The molecule has 4 rings (SSSR count). The van der Waals surface area contributed by atoms with Crippen LogP contribution in [0.4, 0.5) is 11.4 Å². The van der Waals surface area contributed by atoms with Gasteiger partial charge in [-0.15, -0.1) is 10.2 Å². The Kier molecular flexibility index (Phi) is 5.79. The molecule has 0 aliphatic heterocycles. The van der Waals surface area contributed by atoms with Gasteiger partial charge in [0.25, 0.3) is 0 Å². The smallest absolute Gasteiger partial charge is 0.221 e. The second-order valence-electron chi connectivity index (χ2n) is 6.90. The van der Waals surface area contributed by atoms with Gasteiger partial charge in [0.1, 0.15) is 0 Å². The van der Waals surface area contributed by atoms with Gasteiger partial charge in [-0.1, -0.05) is 54.1 Å². The van der Waals surface area contributed by atoms with Crippen LogP contribution in [0.15, 0.2) is 83.0 Å². The molecule has 0 spiro atoms. The standard InChI is InChI=1S/C23H19ClN4OS/c1-15-5-4-6-18(13-15)25-23(30)27-26-21-19-7-2-3-8-20(19)28(22(21)29)14-16-9-11-17(24)12-10-16/h2-13,29H,14H2,1H3,(H,25,30). The maximum atomic E-state index is 10.9. The van der Waals surface area contributed by atoms with E-state index in [9.17, 15) is 5.11 Å². The third-order valence-corrected chi connectivity index (χ3v) is 5.12. The molecule has 1 heterocycles. The van der Waals surface area contributed by atoms with Crippen molar-refractivity contribution in [3.05, 3.63) is 88.9 Å². The Labute approximate surface area is 184 Å². The Balaban J connectivity index is 1.64. The molecule has 150 valence electrons. The molecule has 0 unspecified atom stereocenters. The molecule has 0 radical (unpaired) electrons. The minimum atomic E-state index is 0.0354. The first-order chi connectivity index (χ1) is 14.5. The Morgan fingerprint density at radius 2 is 1.83 bits per heavy atom. The number of fused-ring (bicyclic) bond motifs is 1. The number of hydrogen-bond donors (Lipinski definition) is 2. The lowest BCUT2D eigenvalue weighted by Gasteiger charge is -2.07. The van der Waals surface area contributed by atoms with Crippen molar-refractivity contribution in [3.8, 4) is 5.88 Å². The first-order valence-corrected chi connectivity index (χ1v) is 10.1. The molecule has 30 heavy (non-hydrogen) atoms. The van der Waals surface area contributed by atoms with E-state index < -0.39 is 0 Å². The Bertz CT molecular complexity index is 1250. The van der Waals surface area contributed by atoms with Crippen molar-refractivity contribution in [2.45, 2.75) is 13.5 Å². The molecule has 0 atom stereocenters.